The fourth-order valence-corrected chi connectivity index (χ4v) is 4.04. The smallest absolute Gasteiger partial charge is 0.225 e. The summed E-state index contributed by atoms with van der Waals surface area (Å²) in [6, 6.07) is 0. The Morgan fingerprint density at radius 2 is 1.17 bits per heavy atom. The van der Waals surface area contributed by atoms with E-state index >= 15 is 0 Å². The molecular formula is C23H46NO4S. The van der Waals surface area contributed by atoms with E-state index < -0.39 is 25.4 Å². The van der Waals surface area contributed by atoms with E-state index in [2.05, 4.69) is 12.2 Å². The molecule has 0 bridgehead atoms. The molecule has 0 aliphatic carbocycles. The van der Waals surface area contributed by atoms with Crippen LogP contribution in [0.25, 0.3) is 0 Å². The van der Waals surface area contributed by atoms with Crippen LogP contribution in [-0.4, -0.2) is 58.1 Å². The third kappa shape index (κ3) is 17.1. The van der Waals surface area contributed by atoms with Crippen molar-refractivity contribution in [3.8, 4) is 0 Å². The van der Waals surface area contributed by atoms with Gasteiger partial charge in [0.15, 0.2) is 0 Å². The Kier molecular flexibility index (Phi) is 20.7. The van der Waals surface area contributed by atoms with Gasteiger partial charge < -0.3 is 20.6 Å². The zero-order valence-corrected chi connectivity index (χ0v) is 19.5. The maximum Gasteiger partial charge on any atom is 0.225 e. The maximum absolute atomic E-state index is 11.8. The van der Waals surface area contributed by atoms with Crippen molar-refractivity contribution in [3.63, 3.8) is 0 Å². The highest BCUT2D eigenvalue weighted by atomic mass is 32.2. The summed E-state index contributed by atoms with van der Waals surface area (Å²) in [5.41, 5.74) is -1.34. The lowest BCUT2D eigenvalue weighted by Crippen LogP contribution is -2.57. The summed E-state index contributed by atoms with van der Waals surface area (Å²) in [4.78, 5) is 11.8. The predicted octanol–water partition coefficient (Wildman–Crippen LogP) is 4.24. The van der Waals surface area contributed by atoms with Gasteiger partial charge >= 0.3 is 0 Å². The van der Waals surface area contributed by atoms with E-state index in [1.165, 1.54) is 96.3 Å². The molecule has 0 heterocycles. The number of thioether (sulfide) groups is 1. The highest BCUT2D eigenvalue weighted by molar-refractivity contribution is 7.99. The summed E-state index contributed by atoms with van der Waals surface area (Å²) >= 11 is 1.71. The molecule has 5 nitrogen and oxygen atoms in total. The molecule has 0 saturated carbocycles. The first-order chi connectivity index (χ1) is 14.1. The van der Waals surface area contributed by atoms with Crippen molar-refractivity contribution in [3.05, 3.63) is 6.42 Å². The van der Waals surface area contributed by atoms with Crippen molar-refractivity contribution >= 4 is 17.7 Å². The number of amides is 1. The van der Waals surface area contributed by atoms with Crippen molar-refractivity contribution in [2.45, 2.75) is 102 Å². The first kappa shape index (κ1) is 28.7. The van der Waals surface area contributed by atoms with Crippen molar-refractivity contribution in [2.24, 2.45) is 0 Å². The quantitative estimate of drug-likeness (QED) is 0.192. The van der Waals surface area contributed by atoms with Crippen molar-refractivity contribution < 1.29 is 20.1 Å². The van der Waals surface area contributed by atoms with Gasteiger partial charge in [-0.2, -0.15) is 11.8 Å². The van der Waals surface area contributed by atoms with E-state index in [9.17, 15) is 20.1 Å². The van der Waals surface area contributed by atoms with Gasteiger partial charge in [0.05, 0.1) is 26.2 Å². The number of hydrogen-bond acceptors (Lipinski definition) is 5. The lowest BCUT2D eigenvalue weighted by molar-refractivity contribution is -0.121. The Bertz CT molecular complexity index is 357. The number of unbranched alkanes of at least 4 members (excludes halogenated alkanes) is 13. The summed E-state index contributed by atoms with van der Waals surface area (Å²) < 4.78 is 0. The molecule has 173 valence electrons. The van der Waals surface area contributed by atoms with Crippen LogP contribution in [0.3, 0.4) is 0 Å². The molecule has 0 atom stereocenters. The van der Waals surface area contributed by atoms with Gasteiger partial charge in [0.25, 0.3) is 0 Å². The van der Waals surface area contributed by atoms with Crippen LogP contribution < -0.4 is 5.32 Å². The van der Waals surface area contributed by atoms with Gasteiger partial charge in [-0.05, 0) is 12.2 Å². The second-order valence-electron chi connectivity index (χ2n) is 8.12. The van der Waals surface area contributed by atoms with Crippen LogP contribution in [0.2, 0.25) is 0 Å². The van der Waals surface area contributed by atoms with Crippen molar-refractivity contribution in [2.75, 3.05) is 31.3 Å². The van der Waals surface area contributed by atoms with Crippen LogP contribution in [-0.2, 0) is 4.79 Å². The Balaban J connectivity index is 3.32. The summed E-state index contributed by atoms with van der Waals surface area (Å²) in [5.74, 6) is 1.27. The molecule has 0 fully saturated rings. The molecular weight excluding hydrogens is 386 g/mol. The van der Waals surface area contributed by atoms with Crippen molar-refractivity contribution in [1.29, 1.82) is 0 Å². The van der Waals surface area contributed by atoms with E-state index in [4.69, 9.17) is 0 Å². The number of rotatable bonds is 22. The molecule has 0 rings (SSSR count). The highest BCUT2D eigenvalue weighted by Gasteiger charge is 2.29. The Morgan fingerprint density at radius 1 is 0.759 bits per heavy atom. The standard InChI is InChI=1S/C23H46NO4S/c1-2-3-4-5-6-7-8-9-10-11-12-13-14-15-17-29-18-16-22(28)24-23(19-25,20-26)21-27/h16,25-27H,2-15,17-21H2,1H3,(H,24,28). The topological polar surface area (TPSA) is 89.8 Å². The first-order valence-corrected chi connectivity index (χ1v) is 12.8. The van der Waals surface area contributed by atoms with Crippen LogP contribution in [0.15, 0.2) is 0 Å². The van der Waals surface area contributed by atoms with Gasteiger partial charge in [0, 0.05) is 5.75 Å². The van der Waals surface area contributed by atoms with Gasteiger partial charge in [-0.15, -0.1) is 0 Å². The third-order valence-electron chi connectivity index (χ3n) is 5.33. The molecule has 6 heteroatoms. The van der Waals surface area contributed by atoms with Gasteiger partial charge in [-0.3, -0.25) is 4.79 Å². The van der Waals surface area contributed by atoms with E-state index in [1.54, 1.807) is 11.8 Å². The van der Waals surface area contributed by atoms with E-state index in [-0.39, 0.29) is 5.91 Å². The van der Waals surface area contributed by atoms with Crippen LogP contribution in [0.5, 0.6) is 0 Å². The molecule has 0 aliphatic rings. The fourth-order valence-electron chi connectivity index (χ4n) is 3.20. The third-order valence-corrected chi connectivity index (χ3v) is 6.30. The number of hydrogen-bond donors (Lipinski definition) is 4. The summed E-state index contributed by atoms with van der Waals surface area (Å²) in [7, 11) is 0. The normalized spacial score (nSPS) is 11.7. The molecule has 1 radical (unpaired) electrons. The molecule has 0 spiro atoms. The van der Waals surface area contributed by atoms with E-state index in [0.29, 0.717) is 5.75 Å². The molecule has 0 aliphatic heterocycles. The number of nitrogens with one attached hydrogen (secondary N) is 1. The molecule has 0 aromatic heterocycles. The minimum Gasteiger partial charge on any atom is -0.394 e. The zero-order chi connectivity index (χ0) is 21.6. The van der Waals surface area contributed by atoms with Crippen LogP contribution in [0, 0.1) is 6.42 Å². The Morgan fingerprint density at radius 3 is 1.59 bits per heavy atom. The average molecular weight is 433 g/mol. The van der Waals surface area contributed by atoms with Gasteiger partial charge in [0.1, 0.15) is 5.54 Å². The number of aliphatic hydroxyl groups excluding tert-OH is 3. The monoisotopic (exact) mass is 432 g/mol. The molecule has 4 N–H and O–H groups in total. The second kappa shape index (κ2) is 21.0. The Hall–Kier alpha value is -0.300. The average Bonchev–Trinajstić information content (AvgIpc) is 2.74. The largest absolute Gasteiger partial charge is 0.394 e. The SMILES string of the molecule is CCCCCCCCCCCCCCCCSC[CH]C(=O)NC(CO)(CO)CO. The van der Waals surface area contributed by atoms with Crippen LogP contribution in [0.4, 0.5) is 0 Å². The maximum atomic E-state index is 11.8. The van der Waals surface area contributed by atoms with Gasteiger partial charge in [0.2, 0.25) is 5.91 Å². The minimum absolute atomic E-state index is 0.365. The second-order valence-corrected chi connectivity index (χ2v) is 9.27. The van der Waals surface area contributed by atoms with Gasteiger partial charge in [-0.25, -0.2) is 0 Å². The van der Waals surface area contributed by atoms with Crippen LogP contribution >= 0.6 is 11.8 Å². The molecule has 0 saturated heterocycles. The molecule has 29 heavy (non-hydrogen) atoms. The molecule has 0 unspecified atom stereocenters. The molecule has 0 aromatic carbocycles. The minimum atomic E-state index is -1.34. The summed E-state index contributed by atoms with van der Waals surface area (Å²) in [5, 5.41) is 30.1. The van der Waals surface area contributed by atoms with Gasteiger partial charge in [-0.1, -0.05) is 90.4 Å². The number of carbonyl (C=O) groups excluding carboxylic acids is 1. The summed E-state index contributed by atoms with van der Waals surface area (Å²) in [6.45, 7) is 0.783. The molecule has 0 aromatic rings. The van der Waals surface area contributed by atoms with E-state index in [0.717, 1.165) is 5.75 Å². The van der Waals surface area contributed by atoms with E-state index in [1.807, 2.05) is 0 Å². The van der Waals surface area contributed by atoms with Crippen molar-refractivity contribution in [1.82, 2.24) is 5.32 Å². The highest BCUT2D eigenvalue weighted by Crippen LogP contribution is 2.14. The van der Waals surface area contributed by atoms with Crippen LogP contribution in [0.1, 0.15) is 96.8 Å². The Labute approximate surface area is 183 Å². The first-order valence-electron chi connectivity index (χ1n) is 11.7. The fraction of sp³-hybridized carbons (Fsp3) is 0.913. The number of carbonyl (C=O) groups is 1. The lowest BCUT2D eigenvalue weighted by Gasteiger charge is -2.28. The molecule has 1 amide bonds. The number of aliphatic hydroxyl groups is 3. The zero-order valence-electron chi connectivity index (χ0n) is 18.7. The summed E-state index contributed by atoms with van der Waals surface area (Å²) in [6.07, 6.45) is 20.5. The predicted molar refractivity (Wildman–Crippen MR) is 124 cm³/mol. The lowest BCUT2D eigenvalue weighted by atomic mass is 10.0.